The molecule has 0 saturated carbocycles. The van der Waals surface area contributed by atoms with Crippen molar-refractivity contribution in [3.63, 3.8) is 0 Å². The average Bonchev–Trinajstić information content (AvgIpc) is 2.98. The van der Waals surface area contributed by atoms with Crippen molar-refractivity contribution in [2.75, 3.05) is 20.3 Å². The van der Waals surface area contributed by atoms with Gasteiger partial charge in [-0.1, -0.05) is 22.7 Å². The first-order chi connectivity index (χ1) is 9.74. The molecule has 0 atom stereocenters. The third-order valence-electron chi connectivity index (χ3n) is 3.28. The van der Waals surface area contributed by atoms with Gasteiger partial charge in [0.2, 0.25) is 0 Å². The molecule has 3 rings (SSSR count). The predicted octanol–water partition coefficient (Wildman–Crippen LogP) is 0.401. The zero-order chi connectivity index (χ0) is 14.0. The van der Waals surface area contributed by atoms with Gasteiger partial charge in [0, 0.05) is 5.56 Å². The summed E-state index contributed by atoms with van der Waals surface area (Å²) in [7, 11) is 1.63. The maximum absolute atomic E-state index is 6.06. The fraction of sp³-hybridized carbons (Fsp3) is 0.250. The van der Waals surface area contributed by atoms with E-state index in [1.165, 1.54) is 0 Å². The molecule has 0 N–H and O–H groups in total. The number of halogens is 1. The Bertz CT molecular complexity index is 612. The molecule has 1 aliphatic heterocycles. The normalized spacial score (nSPS) is 16.3. The Morgan fingerprint density at radius 1 is 1.14 bits per heavy atom. The van der Waals surface area contributed by atoms with Crippen molar-refractivity contribution in [2.45, 2.75) is 5.79 Å². The summed E-state index contributed by atoms with van der Waals surface area (Å²) in [4.78, 5) is 0. The molecule has 0 spiro atoms. The summed E-state index contributed by atoms with van der Waals surface area (Å²) in [5.41, 5.74) is 1.71. The summed E-state index contributed by atoms with van der Waals surface area (Å²) in [6.07, 6.45) is 0. The third kappa shape index (κ3) is 3.13. The second kappa shape index (κ2) is 6.87. The Labute approximate surface area is 141 Å². The van der Waals surface area contributed by atoms with Crippen molar-refractivity contribution < 1.29 is 33.1 Å². The summed E-state index contributed by atoms with van der Waals surface area (Å²) in [5, 5.41) is 0.601. The number of hydrogen-bond acceptors (Lipinski definition) is 3. The van der Waals surface area contributed by atoms with Crippen LogP contribution in [0.15, 0.2) is 42.5 Å². The largest absolute Gasteiger partial charge is 1.00 e. The number of hydrogen-bond donors (Lipinski definition) is 0. The van der Waals surface area contributed by atoms with E-state index >= 15 is 0 Å². The van der Waals surface area contributed by atoms with E-state index in [0.29, 0.717) is 18.2 Å². The van der Waals surface area contributed by atoms with E-state index in [2.05, 4.69) is 6.07 Å². The van der Waals surface area contributed by atoms with Crippen LogP contribution in [-0.4, -0.2) is 20.3 Å². The van der Waals surface area contributed by atoms with Crippen LogP contribution in [0, 0.1) is 6.07 Å². The molecule has 0 radical (unpaired) electrons. The molecule has 0 bridgehead atoms. The van der Waals surface area contributed by atoms with Gasteiger partial charge in [-0.15, -0.1) is 6.07 Å². The Hall–Kier alpha value is -0.953. The van der Waals surface area contributed by atoms with Crippen LogP contribution in [0.3, 0.4) is 0 Å². The van der Waals surface area contributed by atoms with Crippen LogP contribution < -0.4 is 23.6 Å². The molecule has 2 aromatic carbocycles. The van der Waals surface area contributed by atoms with E-state index in [1.807, 2.05) is 36.4 Å². The first-order valence-electron chi connectivity index (χ1n) is 6.34. The summed E-state index contributed by atoms with van der Waals surface area (Å²) in [6, 6.07) is 16.0. The zero-order valence-corrected chi connectivity index (χ0v) is 12.8. The Kier molecular flexibility index (Phi) is 5.37. The van der Waals surface area contributed by atoms with Gasteiger partial charge in [0.15, 0.2) is 5.79 Å². The van der Waals surface area contributed by atoms with Crippen LogP contribution in [0.5, 0.6) is 5.75 Å². The van der Waals surface area contributed by atoms with Crippen molar-refractivity contribution in [1.82, 2.24) is 0 Å². The van der Waals surface area contributed by atoms with Crippen LogP contribution in [-0.2, 0) is 15.3 Å². The SMILES string of the molecule is COc1cccc(C2(c3c[c-]cc(Cl)c3)OCCO2)c1.[Li+]. The second-order valence-electron chi connectivity index (χ2n) is 4.49. The molecule has 2 aromatic rings. The minimum Gasteiger partial charge on any atom is -0.497 e. The van der Waals surface area contributed by atoms with E-state index < -0.39 is 5.79 Å². The fourth-order valence-electron chi connectivity index (χ4n) is 2.37. The second-order valence-corrected chi connectivity index (χ2v) is 4.92. The topological polar surface area (TPSA) is 27.7 Å². The van der Waals surface area contributed by atoms with Crippen LogP contribution >= 0.6 is 11.6 Å². The fourth-order valence-corrected chi connectivity index (χ4v) is 2.55. The van der Waals surface area contributed by atoms with Crippen molar-refractivity contribution in [3.8, 4) is 5.75 Å². The molecule has 1 heterocycles. The summed E-state index contributed by atoms with van der Waals surface area (Å²) >= 11 is 6.06. The quantitative estimate of drug-likeness (QED) is 0.606. The van der Waals surface area contributed by atoms with Gasteiger partial charge in [-0.25, -0.2) is 0 Å². The van der Waals surface area contributed by atoms with Gasteiger partial charge >= 0.3 is 18.9 Å². The third-order valence-corrected chi connectivity index (χ3v) is 3.50. The predicted molar refractivity (Wildman–Crippen MR) is 76.0 cm³/mol. The van der Waals surface area contributed by atoms with Crippen molar-refractivity contribution in [2.24, 2.45) is 0 Å². The molecule has 1 fully saturated rings. The van der Waals surface area contributed by atoms with Crippen LogP contribution in [0.4, 0.5) is 0 Å². The van der Waals surface area contributed by atoms with Gasteiger partial charge in [-0.2, -0.15) is 29.8 Å². The van der Waals surface area contributed by atoms with E-state index in [1.54, 1.807) is 13.2 Å². The summed E-state index contributed by atoms with van der Waals surface area (Å²) in [6.45, 7) is 1.06. The first-order valence-corrected chi connectivity index (χ1v) is 6.72. The molecule has 1 saturated heterocycles. The van der Waals surface area contributed by atoms with Crippen LogP contribution in [0.2, 0.25) is 5.02 Å². The Morgan fingerprint density at radius 2 is 1.90 bits per heavy atom. The van der Waals surface area contributed by atoms with E-state index in [0.717, 1.165) is 16.9 Å². The summed E-state index contributed by atoms with van der Waals surface area (Å²) in [5.74, 6) is -0.178. The van der Waals surface area contributed by atoms with Crippen LogP contribution in [0.25, 0.3) is 0 Å². The van der Waals surface area contributed by atoms with Gasteiger partial charge in [-0.3, -0.25) is 0 Å². The number of ether oxygens (including phenoxy) is 3. The number of methoxy groups -OCH3 is 1. The van der Waals surface area contributed by atoms with Crippen molar-refractivity contribution in [3.05, 3.63) is 64.7 Å². The molecule has 3 nitrogen and oxygen atoms in total. The van der Waals surface area contributed by atoms with Gasteiger partial charge in [0.25, 0.3) is 0 Å². The number of rotatable bonds is 3. The molecule has 104 valence electrons. The molecular formula is C16H14ClLiO3. The van der Waals surface area contributed by atoms with E-state index in [9.17, 15) is 0 Å². The molecular weight excluding hydrogens is 283 g/mol. The van der Waals surface area contributed by atoms with E-state index in [4.69, 9.17) is 25.8 Å². The maximum Gasteiger partial charge on any atom is 1.00 e. The van der Waals surface area contributed by atoms with Gasteiger partial charge < -0.3 is 14.2 Å². The molecule has 0 amide bonds. The van der Waals surface area contributed by atoms with E-state index in [-0.39, 0.29) is 18.9 Å². The zero-order valence-electron chi connectivity index (χ0n) is 12.1. The molecule has 5 heteroatoms. The van der Waals surface area contributed by atoms with Gasteiger partial charge in [0.05, 0.1) is 20.3 Å². The molecule has 0 unspecified atom stereocenters. The monoisotopic (exact) mass is 296 g/mol. The maximum atomic E-state index is 6.06. The van der Waals surface area contributed by atoms with Crippen molar-refractivity contribution in [1.29, 1.82) is 0 Å². The van der Waals surface area contributed by atoms with Gasteiger partial charge in [-0.05, 0) is 12.1 Å². The minimum atomic E-state index is -0.935. The molecule has 0 aliphatic carbocycles. The first kappa shape index (κ1) is 16.4. The number of benzene rings is 2. The average molecular weight is 297 g/mol. The summed E-state index contributed by atoms with van der Waals surface area (Å²) < 4.78 is 17.1. The van der Waals surface area contributed by atoms with Crippen molar-refractivity contribution >= 4 is 11.6 Å². The molecule has 21 heavy (non-hydrogen) atoms. The van der Waals surface area contributed by atoms with Crippen LogP contribution in [0.1, 0.15) is 11.1 Å². The standard InChI is InChI=1S/C16H14ClO3.Li/c1-18-15-7-3-5-13(11-15)16(19-8-9-20-16)12-4-2-6-14(17)10-12;/h3-7,10-11H,8-9H2,1H3;/q-1;+1. The molecule has 0 aromatic heterocycles. The Balaban J connectivity index is 0.00000161. The molecule has 1 aliphatic rings. The Morgan fingerprint density at radius 3 is 2.57 bits per heavy atom. The minimum absolute atomic E-state index is 0. The smallest absolute Gasteiger partial charge is 0.497 e. The van der Waals surface area contributed by atoms with Gasteiger partial charge in [0.1, 0.15) is 5.75 Å².